The van der Waals surface area contributed by atoms with E-state index in [4.69, 9.17) is 4.84 Å². The van der Waals surface area contributed by atoms with Crippen molar-refractivity contribution < 1.29 is 4.84 Å². The first-order valence-corrected chi connectivity index (χ1v) is 6.04. The van der Waals surface area contributed by atoms with Crippen LogP contribution in [0.2, 0.25) is 0 Å². The second-order valence-electron chi connectivity index (χ2n) is 5.16. The number of nitrogens with zero attached hydrogens (tertiary/aromatic N) is 2. The molecular weight excluding hydrogens is 226 g/mol. The van der Waals surface area contributed by atoms with Crippen molar-refractivity contribution in [3.05, 3.63) is 48.3 Å². The number of nitrogens with one attached hydrogen (secondary N) is 1. The summed E-state index contributed by atoms with van der Waals surface area (Å²) in [6.07, 6.45) is 3.83. The van der Waals surface area contributed by atoms with Crippen molar-refractivity contribution >= 4 is 0 Å². The van der Waals surface area contributed by atoms with Crippen LogP contribution in [0.4, 0.5) is 0 Å². The van der Waals surface area contributed by atoms with Crippen molar-refractivity contribution in [3.63, 3.8) is 0 Å². The first-order valence-electron chi connectivity index (χ1n) is 6.04. The van der Waals surface area contributed by atoms with Crippen LogP contribution in [-0.2, 0) is 11.4 Å². The van der Waals surface area contributed by atoms with Crippen LogP contribution in [0, 0.1) is 0 Å². The van der Waals surface area contributed by atoms with Crippen molar-refractivity contribution in [3.8, 4) is 5.69 Å². The average Bonchev–Trinajstić information content (AvgIpc) is 2.77. The summed E-state index contributed by atoms with van der Waals surface area (Å²) >= 11 is 0. The SMILES string of the molecule is CC(C)(C)ONCc1cnn(-c2ccccc2)c1. The van der Waals surface area contributed by atoms with Crippen molar-refractivity contribution in [1.82, 2.24) is 15.3 Å². The van der Waals surface area contributed by atoms with E-state index >= 15 is 0 Å². The Morgan fingerprint density at radius 1 is 1.22 bits per heavy atom. The third-order valence-electron chi connectivity index (χ3n) is 2.31. The molecule has 1 N–H and O–H groups in total. The topological polar surface area (TPSA) is 39.1 Å². The number of hydrogen-bond acceptors (Lipinski definition) is 3. The maximum absolute atomic E-state index is 5.46. The predicted molar refractivity (Wildman–Crippen MR) is 71.2 cm³/mol. The molecule has 0 unspecified atom stereocenters. The van der Waals surface area contributed by atoms with Gasteiger partial charge in [-0.25, -0.2) is 4.68 Å². The van der Waals surface area contributed by atoms with Gasteiger partial charge < -0.3 is 0 Å². The van der Waals surface area contributed by atoms with E-state index in [0.717, 1.165) is 11.3 Å². The molecule has 2 aromatic rings. The number of aromatic nitrogens is 2. The lowest BCUT2D eigenvalue weighted by Gasteiger charge is -2.18. The van der Waals surface area contributed by atoms with Gasteiger partial charge in [0.15, 0.2) is 0 Å². The molecule has 1 heterocycles. The lowest BCUT2D eigenvalue weighted by molar-refractivity contribution is -0.0757. The van der Waals surface area contributed by atoms with Crippen LogP contribution >= 0.6 is 0 Å². The van der Waals surface area contributed by atoms with Crippen LogP contribution in [0.25, 0.3) is 5.69 Å². The molecule has 0 saturated heterocycles. The van der Waals surface area contributed by atoms with E-state index in [1.807, 2.05) is 68.2 Å². The molecule has 0 aliphatic rings. The van der Waals surface area contributed by atoms with Crippen molar-refractivity contribution in [2.24, 2.45) is 0 Å². The summed E-state index contributed by atoms with van der Waals surface area (Å²) in [5, 5.41) is 4.32. The molecule has 0 aliphatic carbocycles. The Morgan fingerprint density at radius 3 is 2.61 bits per heavy atom. The summed E-state index contributed by atoms with van der Waals surface area (Å²) in [4.78, 5) is 5.46. The van der Waals surface area contributed by atoms with Gasteiger partial charge in [0, 0.05) is 18.3 Å². The zero-order chi connectivity index (χ0) is 13.0. The first kappa shape index (κ1) is 12.8. The Morgan fingerprint density at radius 2 is 1.94 bits per heavy atom. The van der Waals surface area contributed by atoms with E-state index in [2.05, 4.69) is 10.6 Å². The van der Waals surface area contributed by atoms with Gasteiger partial charge in [0.1, 0.15) is 0 Å². The summed E-state index contributed by atoms with van der Waals surface area (Å²) in [5.41, 5.74) is 4.91. The Kier molecular flexibility index (Phi) is 3.79. The molecule has 2 rings (SSSR count). The number of para-hydroxylation sites is 1. The molecule has 0 saturated carbocycles. The minimum Gasteiger partial charge on any atom is -0.296 e. The summed E-state index contributed by atoms with van der Waals surface area (Å²) in [6, 6.07) is 10.0. The Bertz CT molecular complexity index is 485. The molecule has 0 radical (unpaired) electrons. The highest BCUT2D eigenvalue weighted by Crippen LogP contribution is 2.08. The highest BCUT2D eigenvalue weighted by molar-refractivity contribution is 5.30. The minimum absolute atomic E-state index is 0.185. The van der Waals surface area contributed by atoms with Crippen molar-refractivity contribution in [2.75, 3.05) is 0 Å². The number of hydroxylamine groups is 1. The molecule has 18 heavy (non-hydrogen) atoms. The normalized spacial score (nSPS) is 11.7. The molecule has 0 amide bonds. The van der Waals surface area contributed by atoms with E-state index in [-0.39, 0.29) is 5.60 Å². The van der Waals surface area contributed by atoms with Gasteiger partial charge in [-0.05, 0) is 32.9 Å². The Balaban J connectivity index is 1.95. The van der Waals surface area contributed by atoms with Crippen LogP contribution in [0.3, 0.4) is 0 Å². The van der Waals surface area contributed by atoms with Crippen molar-refractivity contribution in [2.45, 2.75) is 32.9 Å². The third kappa shape index (κ3) is 3.68. The molecule has 4 heteroatoms. The van der Waals surface area contributed by atoms with Gasteiger partial charge in [-0.2, -0.15) is 10.6 Å². The van der Waals surface area contributed by atoms with Gasteiger partial charge >= 0.3 is 0 Å². The zero-order valence-electron chi connectivity index (χ0n) is 11.1. The summed E-state index contributed by atoms with van der Waals surface area (Å²) in [5.74, 6) is 0. The summed E-state index contributed by atoms with van der Waals surface area (Å²) < 4.78 is 1.86. The van der Waals surface area contributed by atoms with Crippen LogP contribution in [0.5, 0.6) is 0 Å². The molecule has 1 aromatic heterocycles. The Labute approximate surface area is 108 Å². The van der Waals surface area contributed by atoms with Crippen LogP contribution in [0.1, 0.15) is 26.3 Å². The standard InChI is InChI=1S/C14H19N3O/c1-14(2,3)18-16-10-12-9-15-17(11-12)13-7-5-4-6-8-13/h4-9,11,16H,10H2,1-3H3. The smallest absolute Gasteiger partial charge is 0.0813 e. The molecule has 0 fully saturated rings. The fourth-order valence-corrected chi connectivity index (χ4v) is 1.51. The predicted octanol–water partition coefficient (Wildman–Crippen LogP) is 2.69. The lowest BCUT2D eigenvalue weighted by Crippen LogP contribution is -2.28. The molecule has 0 aliphatic heterocycles. The number of benzene rings is 1. The fourth-order valence-electron chi connectivity index (χ4n) is 1.51. The lowest BCUT2D eigenvalue weighted by atomic mass is 10.2. The second kappa shape index (κ2) is 5.33. The second-order valence-corrected chi connectivity index (χ2v) is 5.16. The molecule has 96 valence electrons. The fraction of sp³-hybridized carbons (Fsp3) is 0.357. The quantitative estimate of drug-likeness (QED) is 0.842. The largest absolute Gasteiger partial charge is 0.296 e. The highest BCUT2D eigenvalue weighted by atomic mass is 16.7. The van der Waals surface area contributed by atoms with E-state index in [1.54, 1.807) is 0 Å². The highest BCUT2D eigenvalue weighted by Gasteiger charge is 2.10. The van der Waals surface area contributed by atoms with E-state index < -0.39 is 0 Å². The van der Waals surface area contributed by atoms with Gasteiger partial charge in [-0.3, -0.25) is 4.84 Å². The van der Waals surface area contributed by atoms with Gasteiger partial charge in [0.25, 0.3) is 0 Å². The van der Waals surface area contributed by atoms with Crippen molar-refractivity contribution in [1.29, 1.82) is 0 Å². The maximum Gasteiger partial charge on any atom is 0.0813 e. The van der Waals surface area contributed by atoms with E-state index in [9.17, 15) is 0 Å². The molecule has 4 nitrogen and oxygen atoms in total. The van der Waals surface area contributed by atoms with E-state index in [1.165, 1.54) is 0 Å². The summed E-state index contributed by atoms with van der Waals surface area (Å²) in [7, 11) is 0. The third-order valence-corrected chi connectivity index (χ3v) is 2.31. The molecule has 0 spiro atoms. The number of rotatable bonds is 4. The summed E-state index contributed by atoms with van der Waals surface area (Å²) in [6.45, 7) is 6.66. The van der Waals surface area contributed by atoms with E-state index in [0.29, 0.717) is 6.54 Å². The monoisotopic (exact) mass is 245 g/mol. The van der Waals surface area contributed by atoms with Gasteiger partial charge in [0.2, 0.25) is 0 Å². The maximum atomic E-state index is 5.46. The Hall–Kier alpha value is -1.65. The zero-order valence-corrected chi connectivity index (χ0v) is 11.1. The van der Waals surface area contributed by atoms with Gasteiger partial charge in [-0.1, -0.05) is 18.2 Å². The van der Waals surface area contributed by atoms with Gasteiger partial charge in [-0.15, -0.1) is 0 Å². The molecule has 0 atom stereocenters. The minimum atomic E-state index is -0.185. The van der Waals surface area contributed by atoms with Gasteiger partial charge in [0.05, 0.1) is 17.5 Å². The molecular formula is C14H19N3O. The van der Waals surface area contributed by atoms with Crippen LogP contribution in [-0.4, -0.2) is 15.4 Å². The van der Waals surface area contributed by atoms with Crippen LogP contribution < -0.4 is 5.48 Å². The average molecular weight is 245 g/mol. The molecule has 1 aromatic carbocycles. The number of hydrogen-bond donors (Lipinski definition) is 1. The molecule has 0 bridgehead atoms. The van der Waals surface area contributed by atoms with Crippen LogP contribution in [0.15, 0.2) is 42.7 Å². The first-order chi connectivity index (χ1) is 8.54.